The van der Waals surface area contributed by atoms with Crippen molar-refractivity contribution < 1.29 is 0 Å². The van der Waals surface area contributed by atoms with Crippen LogP contribution in [-0.2, 0) is 0 Å². The summed E-state index contributed by atoms with van der Waals surface area (Å²) in [6.45, 7) is 12.2. The van der Waals surface area contributed by atoms with E-state index in [9.17, 15) is 0 Å². The maximum absolute atomic E-state index is 4.38. The Morgan fingerprint density at radius 2 is 1.85 bits per heavy atom. The first kappa shape index (κ1) is 10.5. The van der Waals surface area contributed by atoms with Crippen molar-refractivity contribution in [2.75, 3.05) is 32.7 Å². The third-order valence-electron chi connectivity index (χ3n) is 2.38. The number of piperazine rings is 1. The molecule has 0 atom stereocenters. The number of nitrogens with zero attached hydrogens (tertiary/aromatic N) is 3. The minimum Gasteiger partial charge on any atom is -0.360 e. The van der Waals surface area contributed by atoms with Crippen LogP contribution >= 0.6 is 0 Å². The lowest BCUT2D eigenvalue weighted by Gasteiger charge is -2.32. The van der Waals surface area contributed by atoms with Gasteiger partial charge in [-0.3, -0.25) is 4.99 Å². The summed E-state index contributed by atoms with van der Waals surface area (Å²) >= 11 is 0. The summed E-state index contributed by atoms with van der Waals surface area (Å²) in [6.07, 6.45) is 2.01. The molecule has 0 aromatic rings. The minimum atomic E-state index is 0.421. The maximum Gasteiger partial charge on any atom is 0.0853 e. The van der Waals surface area contributed by atoms with Crippen LogP contribution in [-0.4, -0.2) is 54.9 Å². The molecular weight excluding hydrogens is 162 g/mol. The Bertz CT molecular complexity index is 158. The highest BCUT2D eigenvalue weighted by Gasteiger charge is 2.12. The smallest absolute Gasteiger partial charge is 0.0853 e. The monoisotopic (exact) mass is 183 g/mol. The molecule has 0 bridgehead atoms. The molecular formula is C10H21N3. The normalized spacial score (nSPS) is 20.5. The number of aliphatic imine (C=N–C) groups is 1. The van der Waals surface area contributed by atoms with E-state index in [0.29, 0.717) is 6.04 Å². The maximum atomic E-state index is 4.38. The molecule has 0 aromatic heterocycles. The van der Waals surface area contributed by atoms with Crippen LogP contribution in [0.1, 0.15) is 20.8 Å². The second kappa shape index (κ2) is 5.22. The molecule has 0 N–H and O–H groups in total. The van der Waals surface area contributed by atoms with Crippen molar-refractivity contribution in [2.24, 2.45) is 4.99 Å². The van der Waals surface area contributed by atoms with E-state index in [1.165, 1.54) is 19.6 Å². The van der Waals surface area contributed by atoms with Crippen LogP contribution in [0.4, 0.5) is 0 Å². The standard InChI is InChI=1S/C10H21N3/c1-4-12-5-7-13(8-6-12)9-11-10(2)3/h9-10H,4-8H2,1-3H3/b11-9+. The molecule has 0 aromatic carbocycles. The first-order valence-corrected chi connectivity index (χ1v) is 5.22. The van der Waals surface area contributed by atoms with E-state index in [4.69, 9.17) is 0 Å². The van der Waals surface area contributed by atoms with Gasteiger partial charge in [0.15, 0.2) is 0 Å². The zero-order valence-electron chi connectivity index (χ0n) is 9.03. The second-order valence-electron chi connectivity index (χ2n) is 3.83. The van der Waals surface area contributed by atoms with Crippen molar-refractivity contribution in [2.45, 2.75) is 26.8 Å². The predicted octanol–water partition coefficient (Wildman–Crippen LogP) is 1.06. The highest BCUT2D eigenvalue weighted by Crippen LogP contribution is 1.99. The molecule has 1 rings (SSSR count). The van der Waals surface area contributed by atoms with Crippen LogP contribution in [0.25, 0.3) is 0 Å². The molecule has 0 amide bonds. The van der Waals surface area contributed by atoms with Gasteiger partial charge in [0.05, 0.1) is 6.34 Å². The Kier molecular flexibility index (Phi) is 4.22. The largest absolute Gasteiger partial charge is 0.360 e. The van der Waals surface area contributed by atoms with Crippen molar-refractivity contribution in [1.29, 1.82) is 0 Å². The van der Waals surface area contributed by atoms with Gasteiger partial charge >= 0.3 is 0 Å². The SMILES string of the molecule is CCN1CCN(/C=N/C(C)C)CC1. The van der Waals surface area contributed by atoms with Crippen molar-refractivity contribution >= 4 is 6.34 Å². The molecule has 3 heteroatoms. The molecule has 13 heavy (non-hydrogen) atoms. The van der Waals surface area contributed by atoms with Crippen LogP contribution < -0.4 is 0 Å². The summed E-state index contributed by atoms with van der Waals surface area (Å²) in [7, 11) is 0. The van der Waals surface area contributed by atoms with Crippen LogP contribution in [0.15, 0.2) is 4.99 Å². The van der Waals surface area contributed by atoms with Gasteiger partial charge in [-0.2, -0.15) is 0 Å². The van der Waals surface area contributed by atoms with Gasteiger partial charge in [-0.25, -0.2) is 0 Å². The summed E-state index contributed by atoms with van der Waals surface area (Å²) in [4.78, 5) is 9.17. The number of likely N-dealkylation sites (N-methyl/N-ethyl adjacent to an activating group) is 1. The van der Waals surface area contributed by atoms with Crippen molar-refractivity contribution in [3.8, 4) is 0 Å². The Hall–Kier alpha value is -0.570. The van der Waals surface area contributed by atoms with E-state index >= 15 is 0 Å². The van der Waals surface area contributed by atoms with Gasteiger partial charge in [-0.15, -0.1) is 0 Å². The lowest BCUT2D eigenvalue weighted by molar-refractivity contribution is 0.193. The molecule has 1 fully saturated rings. The second-order valence-corrected chi connectivity index (χ2v) is 3.83. The fraction of sp³-hybridized carbons (Fsp3) is 0.900. The van der Waals surface area contributed by atoms with E-state index in [0.717, 1.165) is 13.1 Å². The summed E-state index contributed by atoms with van der Waals surface area (Å²) in [5.74, 6) is 0. The lowest BCUT2D eigenvalue weighted by Crippen LogP contribution is -2.45. The Labute approximate surface area is 81.4 Å². The fourth-order valence-electron chi connectivity index (χ4n) is 1.42. The van der Waals surface area contributed by atoms with Crippen molar-refractivity contribution in [3.05, 3.63) is 0 Å². The minimum absolute atomic E-state index is 0.421. The molecule has 0 spiro atoms. The van der Waals surface area contributed by atoms with Gasteiger partial charge in [0.25, 0.3) is 0 Å². The van der Waals surface area contributed by atoms with E-state index in [1.54, 1.807) is 0 Å². The molecule has 3 nitrogen and oxygen atoms in total. The van der Waals surface area contributed by atoms with Crippen molar-refractivity contribution in [3.63, 3.8) is 0 Å². The van der Waals surface area contributed by atoms with Crippen molar-refractivity contribution in [1.82, 2.24) is 9.80 Å². The summed E-state index contributed by atoms with van der Waals surface area (Å²) in [6, 6.07) is 0.421. The Morgan fingerprint density at radius 1 is 1.23 bits per heavy atom. The molecule has 1 saturated heterocycles. The molecule has 0 aliphatic carbocycles. The molecule has 1 aliphatic rings. The molecule has 1 aliphatic heterocycles. The van der Waals surface area contributed by atoms with Gasteiger partial charge < -0.3 is 9.80 Å². The predicted molar refractivity (Wildman–Crippen MR) is 57.3 cm³/mol. The quantitative estimate of drug-likeness (QED) is 0.481. The van der Waals surface area contributed by atoms with Crippen LogP contribution in [0.2, 0.25) is 0 Å². The first-order chi connectivity index (χ1) is 6.22. The van der Waals surface area contributed by atoms with Gasteiger partial charge in [-0.05, 0) is 20.4 Å². The first-order valence-electron chi connectivity index (χ1n) is 5.22. The molecule has 0 unspecified atom stereocenters. The highest BCUT2D eigenvalue weighted by atomic mass is 15.3. The van der Waals surface area contributed by atoms with E-state index in [1.807, 2.05) is 6.34 Å². The molecule has 0 radical (unpaired) electrons. The highest BCUT2D eigenvalue weighted by molar-refractivity contribution is 5.55. The summed E-state index contributed by atoms with van der Waals surface area (Å²) in [5, 5.41) is 0. The molecule has 76 valence electrons. The lowest BCUT2D eigenvalue weighted by atomic mass is 10.3. The summed E-state index contributed by atoms with van der Waals surface area (Å²) < 4.78 is 0. The number of hydrogen-bond donors (Lipinski definition) is 0. The third-order valence-corrected chi connectivity index (χ3v) is 2.38. The van der Waals surface area contributed by atoms with Crippen LogP contribution in [0.3, 0.4) is 0 Å². The van der Waals surface area contributed by atoms with E-state index in [-0.39, 0.29) is 0 Å². The zero-order valence-corrected chi connectivity index (χ0v) is 9.03. The Balaban J connectivity index is 2.25. The number of rotatable bonds is 3. The van der Waals surface area contributed by atoms with Gasteiger partial charge in [0.1, 0.15) is 0 Å². The summed E-state index contributed by atoms with van der Waals surface area (Å²) in [5.41, 5.74) is 0. The van der Waals surface area contributed by atoms with Gasteiger partial charge in [-0.1, -0.05) is 6.92 Å². The van der Waals surface area contributed by atoms with Gasteiger partial charge in [0, 0.05) is 32.2 Å². The van der Waals surface area contributed by atoms with Crippen LogP contribution in [0.5, 0.6) is 0 Å². The third kappa shape index (κ3) is 3.77. The average Bonchev–Trinajstić information content (AvgIpc) is 2.15. The van der Waals surface area contributed by atoms with E-state index in [2.05, 4.69) is 35.6 Å². The molecule has 1 heterocycles. The van der Waals surface area contributed by atoms with Crippen LogP contribution in [0, 0.1) is 0 Å². The molecule has 0 saturated carbocycles. The topological polar surface area (TPSA) is 18.8 Å². The zero-order chi connectivity index (χ0) is 9.68. The average molecular weight is 183 g/mol. The van der Waals surface area contributed by atoms with Gasteiger partial charge in [0.2, 0.25) is 0 Å². The van der Waals surface area contributed by atoms with E-state index < -0.39 is 0 Å². The number of hydrogen-bond acceptors (Lipinski definition) is 2. The Morgan fingerprint density at radius 3 is 2.31 bits per heavy atom. The fourth-order valence-corrected chi connectivity index (χ4v) is 1.42.